The molecule has 0 unspecified atom stereocenters. The number of benzene rings is 2. The maximum atomic E-state index is 13.0. The SMILES string of the molecule is COC(=O)c1c(NC(=O)c2ccc(Cl)cc2)sc(C(=O)Nc2cccc(C)c2C)c1C. The van der Waals surface area contributed by atoms with Gasteiger partial charge >= 0.3 is 5.97 Å². The van der Waals surface area contributed by atoms with Crippen molar-refractivity contribution in [1.29, 1.82) is 0 Å². The quantitative estimate of drug-likeness (QED) is 0.488. The molecular formula is C23H21ClN2O4S. The third-order valence-corrected chi connectivity index (χ3v) is 6.39. The van der Waals surface area contributed by atoms with Crippen LogP contribution in [0.5, 0.6) is 0 Å². The molecule has 0 saturated carbocycles. The Balaban J connectivity index is 1.95. The van der Waals surface area contributed by atoms with Gasteiger partial charge < -0.3 is 15.4 Å². The summed E-state index contributed by atoms with van der Waals surface area (Å²) >= 11 is 6.90. The molecule has 0 saturated heterocycles. The van der Waals surface area contributed by atoms with Crippen molar-refractivity contribution in [3.05, 3.63) is 80.2 Å². The average molecular weight is 457 g/mol. The molecule has 0 spiro atoms. The van der Waals surface area contributed by atoms with E-state index in [4.69, 9.17) is 16.3 Å². The number of halogens is 1. The van der Waals surface area contributed by atoms with Crippen LogP contribution < -0.4 is 10.6 Å². The zero-order valence-electron chi connectivity index (χ0n) is 17.5. The maximum Gasteiger partial charge on any atom is 0.341 e. The van der Waals surface area contributed by atoms with Crippen molar-refractivity contribution in [2.75, 3.05) is 17.7 Å². The molecule has 6 nitrogen and oxygen atoms in total. The molecular weight excluding hydrogens is 436 g/mol. The highest BCUT2D eigenvalue weighted by Crippen LogP contribution is 2.35. The molecule has 0 radical (unpaired) electrons. The van der Waals surface area contributed by atoms with E-state index in [-0.39, 0.29) is 16.5 Å². The highest BCUT2D eigenvalue weighted by molar-refractivity contribution is 7.19. The van der Waals surface area contributed by atoms with E-state index in [1.807, 2.05) is 32.0 Å². The van der Waals surface area contributed by atoms with E-state index in [1.165, 1.54) is 7.11 Å². The Bertz CT molecular complexity index is 1170. The summed E-state index contributed by atoms with van der Waals surface area (Å²) in [5.74, 6) is -1.43. The Morgan fingerprint density at radius 3 is 2.23 bits per heavy atom. The lowest BCUT2D eigenvalue weighted by Gasteiger charge is -2.10. The van der Waals surface area contributed by atoms with Gasteiger partial charge in [-0.05, 0) is 67.8 Å². The number of methoxy groups -OCH3 is 1. The van der Waals surface area contributed by atoms with Crippen LogP contribution in [0.15, 0.2) is 42.5 Å². The van der Waals surface area contributed by atoms with Crippen molar-refractivity contribution in [2.24, 2.45) is 0 Å². The predicted molar refractivity (Wildman–Crippen MR) is 124 cm³/mol. The normalized spacial score (nSPS) is 10.5. The second-order valence-corrected chi connectivity index (χ2v) is 8.37. The summed E-state index contributed by atoms with van der Waals surface area (Å²) in [5.41, 5.74) is 3.64. The van der Waals surface area contributed by atoms with Gasteiger partial charge in [0, 0.05) is 16.3 Å². The lowest BCUT2D eigenvalue weighted by atomic mass is 10.1. The Kier molecular flexibility index (Phi) is 6.77. The van der Waals surface area contributed by atoms with E-state index in [0.29, 0.717) is 26.7 Å². The second kappa shape index (κ2) is 9.32. The van der Waals surface area contributed by atoms with Crippen LogP contribution in [0, 0.1) is 20.8 Å². The molecule has 31 heavy (non-hydrogen) atoms. The number of esters is 1. The monoisotopic (exact) mass is 456 g/mol. The van der Waals surface area contributed by atoms with Crippen molar-refractivity contribution < 1.29 is 19.1 Å². The number of thiophene rings is 1. The molecule has 0 fully saturated rings. The standard InChI is InChI=1S/C23H21ClN2O4S/c1-12-6-5-7-17(13(12)2)25-21(28)19-14(3)18(23(29)30-4)22(31-19)26-20(27)15-8-10-16(24)11-9-15/h5-11H,1-4H3,(H,25,28)(H,26,27). The molecule has 1 aromatic heterocycles. The molecule has 0 bridgehead atoms. The zero-order valence-corrected chi connectivity index (χ0v) is 19.0. The van der Waals surface area contributed by atoms with Gasteiger partial charge in [0.25, 0.3) is 11.8 Å². The molecule has 2 aromatic carbocycles. The van der Waals surface area contributed by atoms with Gasteiger partial charge in [0.2, 0.25) is 0 Å². The summed E-state index contributed by atoms with van der Waals surface area (Å²) in [4.78, 5) is 38.3. The second-order valence-electron chi connectivity index (χ2n) is 6.91. The van der Waals surface area contributed by atoms with Crippen molar-refractivity contribution in [3.63, 3.8) is 0 Å². The molecule has 0 atom stereocenters. The summed E-state index contributed by atoms with van der Waals surface area (Å²) in [6.45, 7) is 5.53. The molecule has 8 heteroatoms. The molecule has 3 aromatic rings. The van der Waals surface area contributed by atoms with Crippen LogP contribution >= 0.6 is 22.9 Å². The molecule has 1 heterocycles. The number of anilines is 2. The summed E-state index contributed by atoms with van der Waals surface area (Å²) < 4.78 is 4.87. The fourth-order valence-electron chi connectivity index (χ4n) is 3.01. The summed E-state index contributed by atoms with van der Waals surface area (Å²) in [7, 11) is 1.25. The first-order valence-corrected chi connectivity index (χ1v) is 10.6. The Morgan fingerprint density at radius 1 is 0.903 bits per heavy atom. The maximum absolute atomic E-state index is 13.0. The number of hydrogen-bond acceptors (Lipinski definition) is 5. The number of carbonyl (C=O) groups is 3. The number of ether oxygens (including phenoxy) is 1. The number of amides is 2. The zero-order chi connectivity index (χ0) is 22.7. The van der Waals surface area contributed by atoms with Crippen LogP contribution in [0.3, 0.4) is 0 Å². The number of aryl methyl sites for hydroxylation is 1. The first kappa shape index (κ1) is 22.5. The molecule has 0 aliphatic rings. The van der Waals surface area contributed by atoms with E-state index in [2.05, 4.69) is 10.6 Å². The van der Waals surface area contributed by atoms with E-state index in [0.717, 1.165) is 22.5 Å². The highest BCUT2D eigenvalue weighted by atomic mass is 35.5. The van der Waals surface area contributed by atoms with Gasteiger partial charge in [-0.15, -0.1) is 11.3 Å². The minimum absolute atomic E-state index is 0.154. The van der Waals surface area contributed by atoms with Crippen molar-refractivity contribution in [3.8, 4) is 0 Å². The Labute approximate surface area is 189 Å². The Hall–Kier alpha value is -3.16. The van der Waals surface area contributed by atoms with Gasteiger partial charge in [0.15, 0.2) is 0 Å². The molecule has 0 aliphatic carbocycles. The van der Waals surface area contributed by atoms with Gasteiger partial charge in [-0.2, -0.15) is 0 Å². The molecule has 2 N–H and O–H groups in total. The first-order chi connectivity index (χ1) is 14.7. The number of hydrogen-bond donors (Lipinski definition) is 2. The fourth-order valence-corrected chi connectivity index (χ4v) is 4.22. The summed E-state index contributed by atoms with van der Waals surface area (Å²) in [6.07, 6.45) is 0. The van der Waals surface area contributed by atoms with Gasteiger partial charge in [-0.1, -0.05) is 23.7 Å². The molecule has 0 aliphatic heterocycles. The van der Waals surface area contributed by atoms with Gasteiger partial charge in [-0.3, -0.25) is 9.59 Å². The largest absolute Gasteiger partial charge is 0.465 e. The molecule has 160 valence electrons. The lowest BCUT2D eigenvalue weighted by molar-refractivity contribution is 0.0601. The number of carbonyl (C=O) groups excluding carboxylic acids is 3. The lowest BCUT2D eigenvalue weighted by Crippen LogP contribution is -2.14. The first-order valence-electron chi connectivity index (χ1n) is 9.39. The van der Waals surface area contributed by atoms with Crippen LogP contribution in [0.1, 0.15) is 47.1 Å². The van der Waals surface area contributed by atoms with E-state index in [9.17, 15) is 14.4 Å². The summed E-state index contributed by atoms with van der Waals surface area (Å²) in [6, 6.07) is 12.0. The smallest absolute Gasteiger partial charge is 0.341 e. The number of nitrogens with one attached hydrogen (secondary N) is 2. The van der Waals surface area contributed by atoms with E-state index < -0.39 is 11.9 Å². The minimum Gasteiger partial charge on any atom is -0.465 e. The predicted octanol–water partition coefficient (Wildman–Crippen LogP) is 5.62. The van der Waals surface area contributed by atoms with Crippen molar-refractivity contribution >= 4 is 51.4 Å². The van der Waals surface area contributed by atoms with Crippen LogP contribution in [0.2, 0.25) is 5.02 Å². The van der Waals surface area contributed by atoms with Gasteiger partial charge in [0.05, 0.1) is 17.6 Å². The molecule has 2 amide bonds. The third-order valence-electron chi connectivity index (χ3n) is 4.93. The van der Waals surface area contributed by atoms with Crippen LogP contribution in [-0.4, -0.2) is 24.9 Å². The van der Waals surface area contributed by atoms with E-state index in [1.54, 1.807) is 31.2 Å². The topological polar surface area (TPSA) is 84.5 Å². The van der Waals surface area contributed by atoms with Crippen molar-refractivity contribution in [2.45, 2.75) is 20.8 Å². The summed E-state index contributed by atoms with van der Waals surface area (Å²) in [5, 5.41) is 6.36. The number of rotatable bonds is 5. The molecule has 3 rings (SSSR count). The average Bonchev–Trinajstić information content (AvgIpc) is 3.07. The highest BCUT2D eigenvalue weighted by Gasteiger charge is 2.27. The third kappa shape index (κ3) is 4.78. The van der Waals surface area contributed by atoms with E-state index >= 15 is 0 Å². The van der Waals surface area contributed by atoms with Crippen LogP contribution in [-0.2, 0) is 4.74 Å². The minimum atomic E-state index is -0.633. The Morgan fingerprint density at radius 2 is 1.58 bits per heavy atom. The van der Waals surface area contributed by atoms with Crippen LogP contribution in [0.25, 0.3) is 0 Å². The fraction of sp³-hybridized carbons (Fsp3) is 0.174. The van der Waals surface area contributed by atoms with Crippen molar-refractivity contribution in [1.82, 2.24) is 0 Å². The van der Waals surface area contributed by atoms with Gasteiger partial charge in [0.1, 0.15) is 5.00 Å². The van der Waals surface area contributed by atoms with Gasteiger partial charge in [-0.25, -0.2) is 4.79 Å². The van der Waals surface area contributed by atoms with Crippen LogP contribution in [0.4, 0.5) is 10.7 Å².